The van der Waals surface area contributed by atoms with Crippen LogP contribution in [0.5, 0.6) is 5.75 Å². The van der Waals surface area contributed by atoms with E-state index in [0.29, 0.717) is 24.3 Å². The average Bonchev–Trinajstić information content (AvgIpc) is 2.75. The smallest absolute Gasteiger partial charge is 0.391 e. The second-order valence-electron chi connectivity index (χ2n) is 8.15. The lowest BCUT2D eigenvalue weighted by molar-refractivity contribution is -0.186. The predicted molar refractivity (Wildman–Crippen MR) is 107 cm³/mol. The highest BCUT2D eigenvalue weighted by molar-refractivity contribution is 5.98. The highest BCUT2D eigenvalue weighted by Crippen LogP contribution is 2.42. The fraction of sp³-hybridized carbons (Fsp3) is 0.636. The Morgan fingerprint density at radius 3 is 2.57 bits per heavy atom. The molecule has 1 aromatic carbocycles. The highest BCUT2D eigenvalue weighted by atomic mass is 19.4. The summed E-state index contributed by atoms with van der Waals surface area (Å²) in [6, 6.07) is 6.86. The van der Waals surface area contributed by atoms with Crippen molar-refractivity contribution >= 4 is 17.5 Å². The molecule has 0 aromatic heterocycles. The zero-order valence-electron chi connectivity index (χ0n) is 17.4. The molecular weight excluding hydrogens is 397 g/mol. The molecule has 2 amide bonds. The topological polar surface area (TPSA) is 58.6 Å². The first kappa shape index (κ1) is 22.4. The van der Waals surface area contributed by atoms with Crippen molar-refractivity contribution in [2.24, 2.45) is 11.8 Å². The van der Waals surface area contributed by atoms with Crippen LogP contribution in [0.3, 0.4) is 0 Å². The quantitative estimate of drug-likeness (QED) is 0.757. The SMILES string of the molecule is CCC(CC)NC(=O)C1CN(C(=O)C2CCCC(C(F)(F)F)C2)c2ccccc2O1. The number of benzene rings is 1. The molecule has 0 bridgehead atoms. The third-order valence-corrected chi connectivity index (χ3v) is 6.15. The molecule has 1 saturated carbocycles. The fourth-order valence-corrected chi connectivity index (χ4v) is 4.30. The van der Waals surface area contributed by atoms with Gasteiger partial charge in [-0.1, -0.05) is 32.4 Å². The van der Waals surface area contributed by atoms with Gasteiger partial charge in [0.05, 0.1) is 18.2 Å². The predicted octanol–water partition coefficient (Wildman–Crippen LogP) is 4.45. The maximum atomic E-state index is 13.3. The van der Waals surface area contributed by atoms with Crippen LogP contribution in [0.2, 0.25) is 0 Å². The Balaban J connectivity index is 1.80. The number of carbonyl (C=O) groups excluding carboxylic acids is 2. The molecule has 1 heterocycles. The van der Waals surface area contributed by atoms with Crippen molar-refractivity contribution in [2.75, 3.05) is 11.4 Å². The first-order chi connectivity index (χ1) is 14.2. The Kier molecular flexibility index (Phi) is 6.93. The van der Waals surface area contributed by atoms with Crippen LogP contribution in [0.1, 0.15) is 52.4 Å². The average molecular weight is 426 g/mol. The Bertz CT molecular complexity index is 764. The number of carbonyl (C=O) groups is 2. The molecule has 3 unspecified atom stereocenters. The number of ether oxygens (including phenoxy) is 1. The van der Waals surface area contributed by atoms with E-state index in [1.807, 2.05) is 13.8 Å². The van der Waals surface area contributed by atoms with E-state index < -0.39 is 24.1 Å². The van der Waals surface area contributed by atoms with Gasteiger partial charge in [0, 0.05) is 12.0 Å². The Morgan fingerprint density at radius 2 is 1.90 bits per heavy atom. The summed E-state index contributed by atoms with van der Waals surface area (Å²) in [7, 11) is 0. The highest BCUT2D eigenvalue weighted by Gasteiger charge is 2.45. The Morgan fingerprint density at radius 1 is 1.20 bits per heavy atom. The molecule has 1 aromatic rings. The molecule has 0 saturated heterocycles. The van der Waals surface area contributed by atoms with E-state index in [-0.39, 0.29) is 37.2 Å². The normalized spacial score (nSPS) is 24.2. The molecule has 1 N–H and O–H groups in total. The maximum absolute atomic E-state index is 13.3. The van der Waals surface area contributed by atoms with E-state index in [1.165, 1.54) is 4.90 Å². The van der Waals surface area contributed by atoms with Crippen molar-refractivity contribution in [3.05, 3.63) is 24.3 Å². The number of fused-ring (bicyclic) bond motifs is 1. The molecule has 5 nitrogen and oxygen atoms in total. The number of hydrogen-bond acceptors (Lipinski definition) is 3. The molecule has 3 rings (SSSR count). The number of rotatable bonds is 5. The van der Waals surface area contributed by atoms with E-state index in [0.717, 1.165) is 12.8 Å². The summed E-state index contributed by atoms with van der Waals surface area (Å²) in [6.45, 7) is 3.94. The zero-order chi connectivity index (χ0) is 21.9. The zero-order valence-corrected chi connectivity index (χ0v) is 17.4. The van der Waals surface area contributed by atoms with Gasteiger partial charge in [-0.3, -0.25) is 9.59 Å². The number of para-hydroxylation sites is 2. The number of halogens is 3. The maximum Gasteiger partial charge on any atom is 0.391 e. The van der Waals surface area contributed by atoms with Gasteiger partial charge in [0.15, 0.2) is 6.10 Å². The Hall–Kier alpha value is -2.25. The number of alkyl halides is 3. The molecule has 30 heavy (non-hydrogen) atoms. The van der Waals surface area contributed by atoms with Gasteiger partial charge in [-0.05, 0) is 44.2 Å². The van der Waals surface area contributed by atoms with E-state index in [2.05, 4.69) is 5.32 Å². The molecule has 3 atom stereocenters. The summed E-state index contributed by atoms with van der Waals surface area (Å²) in [6.07, 6.45) is -2.99. The van der Waals surface area contributed by atoms with E-state index >= 15 is 0 Å². The Labute approximate surface area is 175 Å². The lowest BCUT2D eigenvalue weighted by Crippen LogP contribution is -2.53. The number of anilines is 1. The van der Waals surface area contributed by atoms with Crippen LogP contribution in [0.4, 0.5) is 18.9 Å². The van der Waals surface area contributed by atoms with Crippen molar-refractivity contribution in [1.29, 1.82) is 0 Å². The van der Waals surface area contributed by atoms with Gasteiger partial charge >= 0.3 is 6.18 Å². The van der Waals surface area contributed by atoms with E-state index in [4.69, 9.17) is 4.74 Å². The van der Waals surface area contributed by atoms with E-state index in [9.17, 15) is 22.8 Å². The van der Waals surface area contributed by atoms with Gasteiger partial charge in [-0.15, -0.1) is 0 Å². The van der Waals surface area contributed by atoms with Crippen LogP contribution >= 0.6 is 0 Å². The molecule has 0 spiro atoms. The van der Waals surface area contributed by atoms with Crippen LogP contribution in [0.25, 0.3) is 0 Å². The summed E-state index contributed by atoms with van der Waals surface area (Å²) in [5, 5.41) is 2.93. The van der Waals surface area contributed by atoms with Crippen LogP contribution in [-0.2, 0) is 9.59 Å². The van der Waals surface area contributed by atoms with Crippen molar-refractivity contribution in [3.63, 3.8) is 0 Å². The van der Waals surface area contributed by atoms with Gasteiger partial charge in [0.25, 0.3) is 5.91 Å². The summed E-state index contributed by atoms with van der Waals surface area (Å²) < 4.78 is 45.5. The first-order valence-electron chi connectivity index (χ1n) is 10.7. The molecule has 1 aliphatic heterocycles. The van der Waals surface area contributed by atoms with Gasteiger partial charge in [0.2, 0.25) is 5.91 Å². The molecule has 166 valence electrons. The molecule has 8 heteroatoms. The lowest BCUT2D eigenvalue weighted by atomic mass is 9.80. The fourth-order valence-electron chi connectivity index (χ4n) is 4.30. The summed E-state index contributed by atoms with van der Waals surface area (Å²) >= 11 is 0. The minimum Gasteiger partial charge on any atom is -0.477 e. The standard InChI is InChI=1S/C22H29F3N2O3/c1-3-16(4-2)26-20(28)19-13-27(17-10-5-6-11-18(17)30-19)21(29)14-8-7-9-15(12-14)22(23,24)25/h5-6,10-11,14-16,19H,3-4,7-9,12-13H2,1-2H3,(H,26,28). The molecule has 2 aliphatic rings. The van der Waals surface area contributed by atoms with Crippen LogP contribution < -0.4 is 15.0 Å². The van der Waals surface area contributed by atoms with Crippen LogP contribution in [0.15, 0.2) is 24.3 Å². The third-order valence-electron chi connectivity index (χ3n) is 6.15. The second-order valence-corrected chi connectivity index (χ2v) is 8.15. The van der Waals surface area contributed by atoms with Gasteiger partial charge < -0.3 is 15.0 Å². The summed E-state index contributed by atoms with van der Waals surface area (Å²) in [4.78, 5) is 27.4. The van der Waals surface area contributed by atoms with Gasteiger partial charge in [-0.2, -0.15) is 13.2 Å². The molecular formula is C22H29F3N2O3. The number of hydrogen-bond donors (Lipinski definition) is 1. The first-order valence-corrected chi connectivity index (χ1v) is 10.7. The number of nitrogens with zero attached hydrogens (tertiary/aromatic N) is 1. The largest absolute Gasteiger partial charge is 0.477 e. The number of amides is 2. The molecule has 1 fully saturated rings. The summed E-state index contributed by atoms with van der Waals surface area (Å²) in [5.74, 6) is -2.44. The van der Waals surface area contributed by atoms with Gasteiger partial charge in [0.1, 0.15) is 5.75 Å². The number of nitrogens with one attached hydrogen (secondary N) is 1. The second kappa shape index (κ2) is 9.27. The summed E-state index contributed by atoms with van der Waals surface area (Å²) in [5.41, 5.74) is 0.503. The minimum absolute atomic E-state index is 0.00495. The van der Waals surface area contributed by atoms with Crippen molar-refractivity contribution in [1.82, 2.24) is 5.32 Å². The van der Waals surface area contributed by atoms with Crippen LogP contribution in [0, 0.1) is 11.8 Å². The molecule has 1 aliphatic carbocycles. The molecule has 0 radical (unpaired) electrons. The van der Waals surface area contributed by atoms with Crippen molar-refractivity contribution in [3.8, 4) is 5.75 Å². The van der Waals surface area contributed by atoms with Crippen molar-refractivity contribution in [2.45, 2.75) is 70.7 Å². The van der Waals surface area contributed by atoms with Crippen molar-refractivity contribution < 1.29 is 27.5 Å². The third kappa shape index (κ3) is 4.90. The lowest BCUT2D eigenvalue weighted by Gasteiger charge is -2.38. The van der Waals surface area contributed by atoms with Gasteiger partial charge in [-0.25, -0.2) is 0 Å². The minimum atomic E-state index is -4.29. The monoisotopic (exact) mass is 426 g/mol. The van der Waals surface area contributed by atoms with E-state index in [1.54, 1.807) is 24.3 Å². The van der Waals surface area contributed by atoms with Crippen LogP contribution in [-0.4, -0.2) is 36.7 Å².